The molecule has 0 aromatic rings. The van der Waals surface area contributed by atoms with Gasteiger partial charge in [0, 0.05) is 6.54 Å². The van der Waals surface area contributed by atoms with Crippen LogP contribution in [0.25, 0.3) is 0 Å². The van der Waals surface area contributed by atoms with Crippen molar-refractivity contribution in [3.05, 3.63) is 0 Å². The zero-order valence-corrected chi connectivity index (χ0v) is 9.36. The van der Waals surface area contributed by atoms with Gasteiger partial charge < -0.3 is 5.32 Å². The molecular weight excluding hydrogens is 204 g/mol. The average molecular weight is 221 g/mol. The summed E-state index contributed by atoms with van der Waals surface area (Å²) in [6.45, 7) is 4.83. The van der Waals surface area contributed by atoms with Crippen LogP contribution < -0.4 is 10.6 Å². The number of urea groups is 1. The number of nitrogens with one attached hydrogen (secondary N) is 2. The smallest absolute Gasteiger partial charge is 0.321 e. The zero-order valence-electron chi connectivity index (χ0n) is 8.60. The molecule has 0 saturated heterocycles. The second-order valence-corrected chi connectivity index (χ2v) is 3.74. The summed E-state index contributed by atoms with van der Waals surface area (Å²) in [7, 11) is 0. The van der Waals surface area contributed by atoms with Gasteiger partial charge in [-0.05, 0) is 18.8 Å². The third-order valence-electron chi connectivity index (χ3n) is 1.62. The quantitative estimate of drug-likeness (QED) is 0.545. The van der Waals surface area contributed by atoms with Gasteiger partial charge in [0.05, 0.1) is 0 Å². The Kier molecular flexibility index (Phi) is 7.20. The molecule has 0 rings (SSSR count). The third-order valence-corrected chi connectivity index (χ3v) is 1.86. The van der Waals surface area contributed by atoms with Crippen LogP contribution in [0.1, 0.15) is 26.7 Å². The Labute approximate surface area is 89.4 Å². The summed E-state index contributed by atoms with van der Waals surface area (Å²) in [6.07, 6.45) is 1.98. The van der Waals surface area contributed by atoms with E-state index in [9.17, 15) is 9.59 Å². The summed E-state index contributed by atoms with van der Waals surface area (Å²) in [5.41, 5.74) is 0. The maximum Gasteiger partial charge on any atom is 0.321 e. The second-order valence-electron chi connectivity index (χ2n) is 3.47. The van der Waals surface area contributed by atoms with Gasteiger partial charge in [-0.15, -0.1) is 11.6 Å². The maximum atomic E-state index is 11.0. The van der Waals surface area contributed by atoms with Crippen LogP contribution >= 0.6 is 11.6 Å². The normalized spacial score (nSPS) is 10.0. The highest BCUT2D eigenvalue weighted by atomic mass is 35.5. The Morgan fingerprint density at radius 2 is 2.00 bits per heavy atom. The van der Waals surface area contributed by atoms with E-state index in [1.165, 1.54) is 0 Å². The van der Waals surface area contributed by atoms with Crippen molar-refractivity contribution in [3.8, 4) is 0 Å². The second kappa shape index (κ2) is 7.62. The number of halogens is 1. The Bertz CT molecular complexity index is 195. The van der Waals surface area contributed by atoms with E-state index in [1.807, 2.05) is 0 Å². The Morgan fingerprint density at radius 1 is 1.36 bits per heavy atom. The molecule has 0 aliphatic carbocycles. The molecule has 2 N–H and O–H groups in total. The van der Waals surface area contributed by atoms with E-state index in [0.29, 0.717) is 12.5 Å². The zero-order chi connectivity index (χ0) is 11.0. The molecule has 4 nitrogen and oxygen atoms in total. The highest BCUT2D eigenvalue weighted by Gasteiger charge is 2.04. The van der Waals surface area contributed by atoms with E-state index in [2.05, 4.69) is 24.5 Å². The number of imide groups is 1. The van der Waals surface area contributed by atoms with E-state index in [1.54, 1.807) is 0 Å². The lowest BCUT2D eigenvalue weighted by atomic mass is 10.1. The monoisotopic (exact) mass is 220 g/mol. The van der Waals surface area contributed by atoms with Gasteiger partial charge in [-0.3, -0.25) is 10.1 Å². The first-order valence-electron chi connectivity index (χ1n) is 4.70. The maximum absolute atomic E-state index is 11.0. The number of amides is 3. The number of alkyl halides is 1. The van der Waals surface area contributed by atoms with Crippen LogP contribution in [-0.2, 0) is 4.79 Å². The largest absolute Gasteiger partial charge is 0.338 e. The molecule has 0 fully saturated rings. The van der Waals surface area contributed by atoms with Gasteiger partial charge in [0.2, 0.25) is 5.91 Å². The molecule has 82 valence electrons. The lowest BCUT2D eigenvalue weighted by molar-refractivity contribution is -0.117. The molecule has 0 aromatic carbocycles. The van der Waals surface area contributed by atoms with Crippen molar-refractivity contribution in [3.63, 3.8) is 0 Å². The van der Waals surface area contributed by atoms with Gasteiger partial charge >= 0.3 is 6.03 Å². The van der Waals surface area contributed by atoms with Crippen LogP contribution in [0.5, 0.6) is 0 Å². The molecule has 0 aliphatic rings. The lowest BCUT2D eigenvalue weighted by Crippen LogP contribution is -2.40. The molecule has 5 heteroatoms. The number of hydrogen-bond donors (Lipinski definition) is 2. The van der Waals surface area contributed by atoms with Gasteiger partial charge in [-0.2, -0.15) is 0 Å². The highest BCUT2D eigenvalue weighted by Crippen LogP contribution is 2.01. The van der Waals surface area contributed by atoms with Crippen molar-refractivity contribution < 1.29 is 9.59 Å². The first-order chi connectivity index (χ1) is 6.56. The van der Waals surface area contributed by atoms with Crippen LogP contribution in [-0.4, -0.2) is 24.4 Å². The van der Waals surface area contributed by atoms with Crippen molar-refractivity contribution in [1.82, 2.24) is 10.6 Å². The topological polar surface area (TPSA) is 58.2 Å². The predicted molar refractivity (Wildman–Crippen MR) is 56.3 cm³/mol. The first kappa shape index (κ1) is 13.2. The first-order valence-corrected chi connectivity index (χ1v) is 5.23. The van der Waals surface area contributed by atoms with Gasteiger partial charge in [0.1, 0.15) is 5.88 Å². The third kappa shape index (κ3) is 7.86. The Hall–Kier alpha value is -0.770. The minimum Gasteiger partial charge on any atom is -0.338 e. The van der Waals surface area contributed by atoms with E-state index in [4.69, 9.17) is 11.6 Å². The van der Waals surface area contributed by atoms with Crippen molar-refractivity contribution in [2.75, 3.05) is 12.4 Å². The molecule has 0 atom stereocenters. The molecule has 0 saturated carbocycles. The van der Waals surface area contributed by atoms with E-state index in [-0.39, 0.29) is 5.88 Å². The van der Waals surface area contributed by atoms with Crippen LogP contribution in [0.3, 0.4) is 0 Å². The Morgan fingerprint density at radius 3 is 2.50 bits per heavy atom. The molecular formula is C9H17ClN2O2. The van der Waals surface area contributed by atoms with Gasteiger partial charge in [-0.1, -0.05) is 13.8 Å². The molecule has 0 aliphatic heterocycles. The van der Waals surface area contributed by atoms with Crippen molar-refractivity contribution >= 4 is 23.5 Å². The number of rotatable bonds is 5. The molecule has 0 spiro atoms. The van der Waals surface area contributed by atoms with Gasteiger partial charge in [-0.25, -0.2) is 4.79 Å². The van der Waals surface area contributed by atoms with Gasteiger partial charge in [0.15, 0.2) is 0 Å². The summed E-state index contributed by atoms with van der Waals surface area (Å²) in [4.78, 5) is 21.6. The lowest BCUT2D eigenvalue weighted by Gasteiger charge is -2.06. The van der Waals surface area contributed by atoms with Crippen molar-refractivity contribution in [2.24, 2.45) is 5.92 Å². The fraction of sp³-hybridized carbons (Fsp3) is 0.778. The molecule has 14 heavy (non-hydrogen) atoms. The molecule has 0 radical (unpaired) electrons. The van der Waals surface area contributed by atoms with E-state index in [0.717, 1.165) is 12.8 Å². The van der Waals surface area contributed by atoms with E-state index >= 15 is 0 Å². The summed E-state index contributed by atoms with van der Waals surface area (Å²) in [5.74, 6) is -0.0447. The van der Waals surface area contributed by atoms with E-state index < -0.39 is 11.9 Å². The molecule has 0 aromatic heterocycles. The Balaban J connectivity index is 3.40. The fourth-order valence-electron chi connectivity index (χ4n) is 0.916. The number of carbonyl (C=O) groups is 2. The van der Waals surface area contributed by atoms with Gasteiger partial charge in [0.25, 0.3) is 0 Å². The van der Waals surface area contributed by atoms with Crippen LogP contribution in [0.2, 0.25) is 0 Å². The summed E-state index contributed by atoms with van der Waals surface area (Å²) >= 11 is 5.21. The molecule has 0 bridgehead atoms. The molecule has 3 amide bonds. The number of carbonyl (C=O) groups excluding carboxylic acids is 2. The highest BCUT2D eigenvalue weighted by molar-refractivity contribution is 6.28. The summed E-state index contributed by atoms with van der Waals surface area (Å²) in [6, 6.07) is -0.473. The SMILES string of the molecule is CC(C)CCCNC(=O)NC(=O)CCl. The van der Waals surface area contributed by atoms with Crippen molar-refractivity contribution in [1.29, 1.82) is 0 Å². The molecule has 0 heterocycles. The minimum atomic E-state index is -0.479. The summed E-state index contributed by atoms with van der Waals surface area (Å²) in [5, 5.41) is 4.67. The summed E-state index contributed by atoms with van der Waals surface area (Å²) < 4.78 is 0. The van der Waals surface area contributed by atoms with Crippen LogP contribution in [0.4, 0.5) is 4.79 Å². The number of hydrogen-bond acceptors (Lipinski definition) is 2. The predicted octanol–water partition coefficient (Wildman–Crippen LogP) is 1.49. The van der Waals surface area contributed by atoms with Crippen LogP contribution in [0, 0.1) is 5.92 Å². The van der Waals surface area contributed by atoms with Crippen LogP contribution in [0.15, 0.2) is 0 Å². The standard InChI is InChI=1S/C9H17ClN2O2/c1-7(2)4-3-5-11-9(14)12-8(13)6-10/h7H,3-6H2,1-2H3,(H2,11,12,13,14). The van der Waals surface area contributed by atoms with Crippen molar-refractivity contribution in [2.45, 2.75) is 26.7 Å². The molecule has 0 unspecified atom stereocenters. The average Bonchev–Trinajstić information content (AvgIpc) is 2.12. The minimum absolute atomic E-state index is 0.195. The fourth-order valence-corrected chi connectivity index (χ4v) is 0.983.